The van der Waals surface area contributed by atoms with E-state index in [1.807, 2.05) is 31.2 Å². The van der Waals surface area contributed by atoms with Crippen molar-refractivity contribution in [2.24, 2.45) is 0 Å². The van der Waals surface area contributed by atoms with Crippen molar-refractivity contribution in [1.29, 1.82) is 0 Å². The largest absolute Gasteiger partial charge is 0.493 e. The third kappa shape index (κ3) is 4.54. The Hall–Kier alpha value is -1.67. The lowest BCUT2D eigenvalue weighted by atomic mass is 10.1. The molecule has 1 saturated heterocycles. The van der Waals surface area contributed by atoms with Gasteiger partial charge in [-0.05, 0) is 18.6 Å². The van der Waals surface area contributed by atoms with E-state index in [1.165, 1.54) is 4.90 Å². The van der Waals surface area contributed by atoms with E-state index < -0.39 is 10.0 Å². The van der Waals surface area contributed by atoms with Gasteiger partial charge in [0.1, 0.15) is 18.8 Å². The zero-order valence-corrected chi connectivity index (χ0v) is 16.0. The molecule has 0 aromatic heterocycles. The summed E-state index contributed by atoms with van der Waals surface area (Å²) in [6.07, 6.45) is 0.903. The molecule has 6 nitrogen and oxygen atoms in total. The number of morpholine rings is 1. The second kappa shape index (κ2) is 8.81. The molecule has 2 N–H and O–H groups in total. The Morgan fingerprint density at radius 3 is 2.58 bits per heavy atom. The fourth-order valence-corrected chi connectivity index (χ4v) is 4.41. The zero-order valence-electron chi connectivity index (χ0n) is 15.2. The number of sulfonamides is 1. The average molecular weight is 380 g/mol. The summed E-state index contributed by atoms with van der Waals surface area (Å²) in [7, 11) is -3.58. The van der Waals surface area contributed by atoms with Crippen LogP contribution >= 0.6 is 0 Å². The van der Waals surface area contributed by atoms with Crippen molar-refractivity contribution in [2.75, 3.05) is 46.0 Å². The summed E-state index contributed by atoms with van der Waals surface area (Å²) >= 11 is 0. The number of nitrogens with one attached hydrogen (secondary N) is 2. The average Bonchev–Trinajstić information content (AvgIpc) is 2.66. The van der Waals surface area contributed by atoms with Crippen molar-refractivity contribution in [1.82, 2.24) is 4.72 Å². The Morgan fingerprint density at radius 2 is 1.85 bits per heavy atom. The molecule has 7 heteroatoms. The topological polar surface area (TPSA) is 69.1 Å². The van der Waals surface area contributed by atoms with Gasteiger partial charge >= 0.3 is 0 Å². The van der Waals surface area contributed by atoms with Crippen LogP contribution in [0.25, 0.3) is 10.8 Å². The van der Waals surface area contributed by atoms with E-state index in [-0.39, 0.29) is 0 Å². The van der Waals surface area contributed by atoms with Crippen molar-refractivity contribution in [3.8, 4) is 5.75 Å². The lowest BCUT2D eigenvalue weighted by Crippen LogP contribution is -3.14. The number of quaternary nitrogens is 1. The first-order chi connectivity index (χ1) is 12.6. The highest BCUT2D eigenvalue weighted by Crippen LogP contribution is 2.31. The van der Waals surface area contributed by atoms with E-state index in [0.717, 1.165) is 50.4 Å². The maximum atomic E-state index is 12.8. The number of fused-ring (bicyclic) bond motifs is 1. The Balaban J connectivity index is 1.77. The van der Waals surface area contributed by atoms with Gasteiger partial charge in [0, 0.05) is 10.8 Å². The third-order valence-electron chi connectivity index (χ3n) is 4.57. The first kappa shape index (κ1) is 19.1. The molecule has 1 aliphatic rings. The predicted octanol–water partition coefficient (Wildman–Crippen LogP) is 0.822. The summed E-state index contributed by atoms with van der Waals surface area (Å²) < 4.78 is 39.5. The maximum absolute atomic E-state index is 12.8. The van der Waals surface area contributed by atoms with Gasteiger partial charge in [-0.1, -0.05) is 31.2 Å². The summed E-state index contributed by atoms with van der Waals surface area (Å²) in [5, 5.41) is 1.51. The summed E-state index contributed by atoms with van der Waals surface area (Å²) in [5.41, 5.74) is 0. The lowest BCUT2D eigenvalue weighted by Gasteiger charge is -2.23. The Labute approximate surface area is 155 Å². The minimum atomic E-state index is -3.58. The van der Waals surface area contributed by atoms with Crippen LogP contribution in [0.1, 0.15) is 13.3 Å². The van der Waals surface area contributed by atoms with Crippen LogP contribution in [-0.4, -0.2) is 54.4 Å². The zero-order chi connectivity index (χ0) is 18.4. The molecule has 0 aliphatic carbocycles. The van der Waals surface area contributed by atoms with E-state index in [0.29, 0.717) is 23.4 Å². The van der Waals surface area contributed by atoms with Gasteiger partial charge in [-0.2, -0.15) is 0 Å². The van der Waals surface area contributed by atoms with E-state index in [2.05, 4.69) is 4.72 Å². The minimum absolute atomic E-state index is 0.300. The van der Waals surface area contributed by atoms with Gasteiger partial charge in [-0.15, -0.1) is 0 Å². The van der Waals surface area contributed by atoms with Gasteiger partial charge in [0.05, 0.1) is 37.8 Å². The van der Waals surface area contributed by atoms with Gasteiger partial charge in [0.15, 0.2) is 0 Å². The number of hydrogen-bond donors (Lipinski definition) is 2. The number of benzene rings is 2. The highest BCUT2D eigenvalue weighted by atomic mass is 32.2. The number of hydrogen-bond acceptors (Lipinski definition) is 4. The van der Waals surface area contributed by atoms with Crippen LogP contribution in [0.3, 0.4) is 0 Å². The van der Waals surface area contributed by atoms with Crippen LogP contribution in [0.2, 0.25) is 0 Å². The lowest BCUT2D eigenvalue weighted by molar-refractivity contribution is -0.906. The third-order valence-corrected chi connectivity index (χ3v) is 6.09. The molecule has 0 bridgehead atoms. The quantitative estimate of drug-likeness (QED) is 0.713. The fourth-order valence-electron chi connectivity index (χ4n) is 3.17. The Morgan fingerprint density at radius 1 is 1.12 bits per heavy atom. The molecule has 26 heavy (non-hydrogen) atoms. The maximum Gasteiger partial charge on any atom is 0.241 e. The van der Waals surface area contributed by atoms with Gasteiger partial charge in [-0.25, -0.2) is 13.1 Å². The Kier molecular flexibility index (Phi) is 6.48. The number of ether oxygens (including phenoxy) is 2. The molecule has 0 saturated carbocycles. The highest BCUT2D eigenvalue weighted by Gasteiger charge is 2.20. The van der Waals surface area contributed by atoms with Crippen LogP contribution in [0, 0.1) is 0 Å². The van der Waals surface area contributed by atoms with Crippen LogP contribution in [0.5, 0.6) is 5.75 Å². The fraction of sp³-hybridized carbons (Fsp3) is 0.474. The van der Waals surface area contributed by atoms with Crippen LogP contribution in [0.15, 0.2) is 41.3 Å². The molecule has 3 rings (SSSR count). The standard InChI is InChI=1S/C19H26N2O4S/c1-2-13-25-18-7-8-19(17-6-4-3-5-16(17)18)26(22,23)20-9-10-21-11-14-24-15-12-21/h3-8,20H,2,9-15H2,1H3/p+1. The molecule has 1 heterocycles. The second-order valence-corrected chi connectivity index (χ2v) is 8.20. The Bertz CT molecular complexity index is 833. The molecule has 1 fully saturated rings. The molecule has 2 aromatic rings. The monoisotopic (exact) mass is 379 g/mol. The summed E-state index contributed by atoms with van der Waals surface area (Å²) in [6.45, 7) is 7.16. The highest BCUT2D eigenvalue weighted by molar-refractivity contribution is 7.89. The molecule has 2 aromatic carbocycles. The van der Waals surface area contributed by atoms with E-state index >= 15 is 0 Å². The predicted molar refractivity (Wildman–Crippen MR) is 101 cm³/mol. The normalized spacial score (nSPS) is 16.0. The van der Waals surface area contributed by atoms with E-state index in [9.17, 15) is 8.42 Å². The van der Waals surface area contributed by atoms with E-state index in [1.54, 1.807) is 12.1 Å². The smallest absolute Gasteiger partial charge is 0.241 e. The first-order valence-corrected chi connectivity index (χ1v) is 10.7. The van der Waals surface area contributed by atoms with E-state index in [4.69, 9.17) is 9.47 Å². The van der Waals surface area contributed by atoms with Crippen molar-refractivity contribution < 1.29 is 22.8 Å². The van der Waals surface area contributed by atoms with Crippen LogP contribution in [0.4, 0.5) is 0 Å². The SMILES string of the molecule is CCCOc1ccc(S(=O)(=O)NCC[NH+]2CCOCC2)c2ccccc12. The molecule has 0 radical (unpaired) electrons. The van der Waals surface area contributed by atoms with Gasteiger partial charge < -0.3 is 14.4 Å². The summed E-state index contributed by atoms with van der Waals surface area (Å²) in [6, 6.07) is 10.9. The van der Waals surface area contributed by atoms with Crippen LogP contribution < -0.4 is 14.4 Å². The second-order valence-electron chi connectivity index (χ2n) is 6.47. The summed E-state index contributed by atoms with van der Waals surface area (Å²) in [5.74, 6) is 0.721. The van der Waals surface area contributed by atoms with Crippen molar-refractivity contribution in [3.05, 3.63) is 36.4 Å². The van der Waals surface area contributed by atoms with Gasteiger partial charge in [0.25, 0.3) is 0 Å². The van der Waals surface area contributed by atoms with Crippen molar-refractivity contribution in [3.63, 3.8) is 0 Å². The molecule has 0 atom stereocenters. The molecule has 142 valence electrons. The molecule has 0 unspecified atom stereocenters. The molecular formula is C19H27N2O4S+. The van der Waals surface area contributed by atoms with Gasteiger partial charge in [-0.3, -0.25) is 0 Å². The van der Waals surface area contributed by atoms with Crippen molar-refractivity contribution in [2.45, 2.75) is 18.2 Å². The molecule has 0 spiro atoms. The first-order valence-electron chi connectivity index (χ1n) is 9.17. The van der Waals surface area contributed by atoms with Crippen molar-refractivity contribution >= 4 is 20.8 Å². The molecule has 1 aliphatic heterocycles. The molecular weight excluding hydrogens is 352 g/mol. The molecule has 0 amide bonds. The minimum Gasteiger partial charge on any atom is -0.493 e. The summed E-state index contributed by atoms with van der Waals surface area (Å²) in [4.78, 5) is 1.67. The number of rotatable bonds is 8. The van der Waals surface area contributed by atoms with Crippen LogP contribution in [-0.2, 0) is 14.8 Å². The van der Waals surface area contributed by atoms with Gasteiger partial charge in [0.2, 0.25) is 10.0 Å².